The number of ether oxygens (including phenoxy) is 1. The minimum atomic E-state index is -0.259. The fourth-order valence-electron chi connectivity index (χ4n) is 4.72. The van der Waals surface area contributed by atoms with Gasteiger partial charge in [-0.05, 0) is 30.0 Å². The summed E-state index contributed by atoms with van der Waals surface area (Å²) in [6, 6.07) is 5.97. The van der Waals surface area contributed by atoms with Crippen LogP contribution in [0, 0.1) is 11.8 Å². The number of pyridine rings is 2. The maximum Gasteiger partial charge on any atom is 0.333 e. The van der Waals surface area contributed by atoms with Gasteiger partial charge in [0.1, 0.15) is 11.3 Å². The van der Waals surface area contributed by atoms with Crippen LogP contribution in [0.3, 0.4) is 0 Å². The Balaban J connectivity index is 1.66. The quantitative estimate of drug-likeness (QED) is 0.432. The van der Waals surface area contributed by atoms with E-state index < -0.39 is 0 Å². The highest BCUT2D eigenvalue weighted by molar-refractivity contribution is 5.91. The molecule has 1 saturated heterocycles. The highest BCUT2D eigenvalue weighted by Gasteiger charge is 2.29. The summed E-state index contributed by atoms with van der Waals surface area (Å²) in [5, 5.41) is 9.25. The van der Waals surface area contributed by atoms with Crippen molar-refractivity contribution >= 4 is 27.9 Å². The molecule has 1 fully saturated rings. The predicted octanol–water partition coefficient (Wildman–Crippen LogP) is 2.18. The van der Waals surface area contributed by atoms with Crippen LogP contribution in [0.25, 0.3) is 27.9 Å². The second-order valence-corrected chi connectivity index (χ2v) is 9.35. The number of aromatic nitrogens is 6. The lowest BCUT2D eigenvalue weighted by atomic mass is 9.89. The van der Waals surface area contributed by atoms with Gasteiger partial charge in [0.2, 0.25) is 0 Å². The molecule has 10 nitrogen and oxygen atoms in total. The fourth-order valence-corrected chi connectivity index (χ4v) is 4.72. The Morgan fingerprint density at radius 1 is 1.29 bits per heavy atom. The molecule has 10 heteroatoms. The molecule has 4 aromatic rings. The van der Waals surface area contributed by atoms with Gasteiger partial charge >= 0.3 is 5.69 Å². The number of piperazine rings is 1. The molecule has 4 aromatic heterocycles. The van der Waals surface area contributed by atoms with Crippen LogP contribution >= 0.6 is 0 Å². The van der Waals surface area contributed by atoms with Crippen LogP contribution < -0.4 is 15.9 Å². The molecule has 5 heterocycles. The van der Waals surface area contributed by atoms with Crippen LogP contribution in [-0.4, -0.2) is 68.7 Å². The maximum atomic E-state index is 12.9. The number of hydrogen-bond donors (Lipinski definition) is 2. The van der Waals surface area contributed by atoms with Crippen molar-refractivity contribution in [1.82, 2.24) is 34.6 Å². The van der Waals surface area contributed by atoms with E-state index in [-0.39, 0.29) is 5.69 Å². The number of hydrogen-bond acceptors (Lipinski definition) is 7. The van der Waals surface area contributed by atoms with Gasteiger partial charge < -0.3 is 15.0 Å². The van der Waals surface area contributed by atoms with Gasteiger partial charge in [0.05, 0.1) is 24.9 Å². The lowest BCUT2D eigenvalue weighted by Gasteiger charge is -2.39. The molecule has 1 aliphatic heterocycles. The first-order chi connectivity index (χ1) is 16.5. The standard InChI is InChI=1S/C24H32N8O2/c1-15(2)16(3)18-14-30(9-8-25-18)23-21-17(13-27-31(21)10-11-34-4)12-20(28-23)32-19-6-5-7-26-22(19)29-24(32)33/h5-7,12-13,15-16,18,25H,8-11,14H2,1-4H3,(H,26,29,33). The predicted molar refractivity (Wildman–Crippen MR) is 133 cm³/mol. The maximum absolute atomic E-state index is 12.9. The van der Waals surface area contributed by atoms with Crippen molar-refractivity contribution in [2.75, 3.05) is 38.3 Å². The van der Waals surface area contributed by atoms with E-state index in [1.54, 1.807) is 17.9 Å². The number of nitrogens with zero attached hydrogens (tertiary/aromatic N) is 6. The summed E-state index contributed by atoms with van der Waals surface area (Å²) in [5.74, 6) is 2.49. The van der Waals surface area contributed by atoms with Gasteiger partial charge in [-0.3, -0.25) is 9.67 Å². The van der Waals surface area contributed by atoms with Gasteiger partial charge in [0.15, 0.2) is 11.5 Å². The number of methoxy groups -OCH3 is 1. The van der Waals surface area contributed by atoms with Gasteiger partial charge in [-0.25, -0.2) is 19.3 Å². The van der Waals surface area contributed by atoms with E-state index in [2.05, 4.69) is 46.1 Å². The van der Waals surface area contributed by atoms with Gasteiger partial charge in [0, 0.05) is 44.4 Å². The largest absolute Gasteiger partial charge is 0.383 e. The molecule has 2 atom stereocenters. The zero-order chi connectivity index (χ0) is 23.8. The highest BCUT2D eigenvalue weighted by Crippen LogP contribution is 2.30. The molecule has 0 bridgehead atoms. The summed E-state index contributed by atoms with van der Waals surface area (Å²) in [6.07, 6.45) is 3.51. The number of fused-ring (bicyclic) bond motifs is 2. The van der Waals surface area contributed by atoms with E-state index in [0.29, 0.717) is 48.0 Å². The Morgan fingerprint density at radius 3 is 2.94 bits per heavy atom. The zero-order valence-electron chi connectivity index (χ0n) is 20.2. The van der Waals surface area contributed by atoms with Crippen molar-refractivity contribution in [1.29, 1.82) is 0 Å². The molecule has 2 unspecified atom stereocenters. The third kappa shape index (κ3) is 3.97. The van der Waals surface area contributed by atoms with E-state index >= 15 is 0 Å². The minimum absolute atomic E-state index is 0.259. The number of aromatic amines is 1. The highest BCUT2D eigenvalue weighted by atomic mass is 16.5. The topological polar surface area (TPSA) is 106 Å². The Morgan fingerprint density at radius 2 is 2.15 bits per heavy atom. The smallest absolute Gasteiger partial charge is 0.333 e. The van der Waals surface area contributed by atoms with Crippen molar-refractivity contribution in [2.45, 2.75) is 33.4 Å². The molecule has 0 saturated carbocycles. The molecule has 5 rings (SSSR count). The SMILES string of the molecule is COCCn1ncc2cc(-n3c(=O)[nH]c4ncccc43)nc(N3CCNC(C(C)C(C)C)C3)c21. The summed E-state index contributed by atoms with van der Waals surface area (Å²) < 4.78 is 8.85. The van der Waals surface area contributed by atoms with Gasteiger partial charge in [-0.1, -0.05) is 20.8 Å². The summed E-state index contributed by atoms with van der Waals surface area (Å²) >= 11 is 0. The number of imidazole rings is 1. The zero-order valence-corrected chi connectivity index (χ0v) is 20.2. The number of anilines is 1. The number of nitrogens with one attached hydrogen (secondary N) is 2. The Kier molecular flexibility index (Phi) is 6.09. The summed E-state index contributed by atoms with van der Waals surface area (Å²) in [6.45, 7) is 10.5. The Bertz CT molecular complexity index is 1350. The van der Waals surface area contributed by atoms with Gasteiger partial charge in [-0.15, -0.1) is 0 Å². The second-order valence-electron chi connectivity index (χ2n) is 9.35. The Hall–Kier alpha value is -3.24. The van der Waals surface area contributed by atoms with Crippen molar-refractivity contribution in [3.8, 4) is 5.82 Å². The molecule has 180 valence electrons. The fraction of sp³-hybridized carbons (Fsp3) is 0.500. The molecule has 0 aromatic carbocycles. The van der Waals surface area contributed by atoms with Crippen molar-refractivity contribution in [3.05, 3.63) is 41.1 Å². The second kappa shape index (κ2) is 9.19. The van der Waals surface area contributed by atoms with Crippen molar-refractivity contribution < 1.29 is 4.74 Å². The van der Waals surface area contributed by atoms with E-state index in [4.69, 9.17) is 9.72 Å². The average molecular weight is 465 g/mol. The first kappa shape index (κ1) is 22.5. The lowest BCUT2D eigenvalue weighted by Crippen LogP contribution is -2.54. The van der Waals surface area contributed by atoms with Crippen molar-refractivity contribution in [3.63, 3.8) is 0 Å². The van der Waals surface area contributed by atoms with Gasteiger partial charge in [0.25, 0.3) is 0 Å². The minimum Gasteiger partial charge on any atom is -0.383 e. The number of H-pyrrole nitrogens is 1. The monoisotopic (exact) mass is 464 g/mol. The molecule has 0 radical (unpaired) electrons. The van der Waals surface area contributed by atoms with E-state index in [0.717, 1.165) is 36.4 Å². The van der Waals surface area contributed by atoms with Gasteiger partial charge in [-0.2, -0.15) is 5.10 Å². The summed E-state index contributed by atoms with van der Waals surface area (Å²) in [5.41, 5.74) is 1.94. The number of rotatable bonds is 7. The van der Waals surface area contributed by atoms with Crippen LogP contribution in [0.5, 0.6) is 0 Å². The summed E-state index contributed by atoms with van der Waals surface area (Å²) in [7, 11) is 1.69. The average Bonchev–Trinajstić information content (AvgIpc) is 3.41. The molecular formula is C24H32N8O2. The third-order valence-corrected chi connectivity index (χ3v) is 6.97. The molecule has 2 N–H and O–H groups in total. The van der Waals surface area contributed by atoms with Crippen LogP contribution in [0.4, 0.5) is 5.82 Å². The molecule has 0 spiro atoms. The normalized spacial score (nSPS) is 17.8. The Labute approximate surface area is 197 Å². The molecule has 34 heavy (non-hydrogen) atoms. The van der Waals surface area contributed by atoms with E-state index in [9.17, 15) is 4.79 Å². The van der Waals surface area contributed by atoms with Crippen LogP contribution in [0.2, 0.25) is 0 Å². The molecule has 0 aliphatic carbocycles. The van der Waals surface area contributed by atoms with E-state index in [1.807, 2.05) is 29.1 Å². The summed E-state index contributed by atoms with van der Waals surface area (Å²) in [4.78, 5) is 27.4. The first-order valence-electron chi connectivity index (χ1n) is 11.9. The molecule has 0 amide bonds. The lowest BCUT2D eigenvalue weighted by molar-refractivity contribution is 0.185. The van der Waals surface area contributed by atoms with Crippen LogP contribution in [0.15, 0.2) is 35.4 Å². The first-order valence-corrected chi connectivity index (χ1v) is 11.9. The van der Waals surface area contributed by atoms with Crippen LogP contribution in [-0.2, 0) is 11.3 Å². The van der Waals surface area contributed by atoms with E-state index in [1.165, 1.54) is 0 Å². The third-order valence-electron chi connectivity index (χ3n) is 6.97. The van der Waals surface area contributed by atoms with Crippen molar-refractivity contribution in [2.24, 2.45) is 11.8 Å². The van der Waals surface area contributed by atoms with Crippen LogP contribution in [0.1, 0.15) is 20.8 Å². The molecule has 1 aliphatic rings. The molecular weight excluding hydrogens is 432 g/mol.